The van der Waals surface area contributed by atoms with E-state index in [0.29, 0.717) is 11.6 Å². The van der Waals surface area contributed by atoms with Gasteiger partial charge in [-0.1, -0.05) is 30.3 Å². The molecule has 2 aromatic heterocycles. The minimum Gasteiger partial charge on any atom is -0.289 e. The highest BCUT2D eigenvalue weighted by atomic mass is 15.3. The van der Waals surface area contributed by atoms with E-state index in [4.69, 9.17) is 0 Å². The Labute approximate surface area is 115 Å². The van der Waals surface area contributed by atoms with E-state index in [0.717, 1.165) is 5.56 Å². The highest BCUT2D eigenvalue weighted by Crippen LogP contribution is 2.06. The monoisotopic (exact) mass is 264 g/mol. The first-order valence-electron chi connectivity index (χ1n) is 6.08. The number of aromatic nitrogens is 4. The summed E-state index contributed by atoms with van der Waals surface area (Å²) in [6, 6.07) is 13.5. The Morgan fingerprint density at radius 3 is 2.65 bits per heavy atom. The van der Waals surface area contributed by atoms with E-state index in [9.17, 15) is 0 Å². The Bertz CT molecular complexity index is 673. The first kappa shape index (κ1) is 12.0. The SMILES string of the molecule is C(=N/Nc1ccc(-n2ccnc2)nn1)/c1ccccc1. The number of rotatable bonds is 4. The number of nitrogens with zero attached hydrogens (tertiary/aromatic N) is 5. The third-order valence-electron chi connectivity index (χ3n) is 2.61. The van der Waals surface area contributed by atoms with Crippen LogP contribution in [0.1, 0.15) is 5.56 Å². The molecule has 0 aliphatic carbocycles. The second-order valence-electron chi connectivity index (χ2n) is 4.03. The van der Waals surface area contributed by atoms with Crippen LogP contribution in [0.25, 0.3) is 5.82 Å². The molecule has 0 saturated carbocycles. The maximum Gasteiger partial charge on any atom is 0.168 e. The Balaban J connectivity index is 1.65. The van der Waals surface area contributed by atoms with Crippen molar-refractivity contribution in [1.82, 2.24) is 19.7 Å². The van der Waals surface area contributed by atoms with Gasteiger partial charge in [0.1, 0.15) is 6.33 Å². The summed E-state index contributed by atoms with van der Waals surface area (Å²) in [6.07, 6.45) is 6.90. The molecule has 0 amide bonds. The Kier molecular flexibility index (Phi) is 3.46. The molecule has 0 atom stereocenters. The van der Waals surface area contributed by atoms with Crippen molar-refractivity contribution < 1.29 is 0 Å². The quantitative estimate of drug-likeness (QED) is 0.579. The third kappa shape index (κ3) is 2.86. The molecule has 0 bridgehead atoms. The molecular formula is C14H12N6. The molecule has 2 heterocycles. The predicted octanol–water partition coefficient (Wildman–Crippen LogP) is 2.11. The Hall–Kier alpha value is -3.02. The topological polar surface area (TPSA) is 68.0 Å². The Morgan fingerprint density at radius 1 is 1.05 bits per heavy atom. The van der Waals surface area contributed by atoms with Gasteiger partial charge < -0.3 is 0 Å². The lowest BCUT2D eigenvalue weighted by atomic mass is 10.2. The van der Waals surface area contributed by atoms with Gasteiger partial charge in [0.15, 0.2) is 11.6 Å². The van der Waals surface area contributed by atoms with Crippen molar-refractivity contribution in [2.24, 2.45) is 5.10 Å². The summed E-state index contributed by atoms with van der Waals surface area (Å²) in [7, 11) is 0. The smallest absolute Gasteiger partial charge is 0.168 e. The van der Waals surface area contributed by atoms with Crippen LogP contribution in [-0.2, 0) is 0 Å². The van der Waals surface area contributed by atoms with Crippen LogP contribution in [0.3, 0.4) is 0 Å². The van der Waals surface area contributed by atoms with Crippen molar-refractivity contribution in [1.29, 1.82) is 0 Å². The average Bonchev–Trinajstić information content (AvgIpc) is 3.03. The summed E-state index contributed by atoms with van der Waals surface area (Å²) >= 11 is 0. The van der Waals surface area contributed by atoms with E-state index in [2.05, 4.69) is 25.7 Å². The zero-order valence-electron chi connectivity index (χ0n) is 10.6. The first-order chi connectivity index (χ1) is 9.92. The summed E-state index contributed by atoms with van der Waals surface area (Å²) in [4.78, 5) is 3.96. The number of anilines is 1. The average molecular weight is 264 g/mol. The van der Waals surface area contributed by atoms with Gasteiger partial charge >= 0.3 is 0 Å². The highest BCUT2D eigenvalue weighted by Gasteiger charge is 1.98. The van der Waals surface area contributed by atoms with Gasteiger partial charge in [-0.05, 0) is 17.7 Å². The molecule has 0 radical (unpaired) electrons. The molecule has 98 valence electrons. The van der Waals surface area contributed by atoms with Crippen LogP contribution >= 0.6 is 0 Å². The zero-order valence-corrected chi connectivity index (χ0v) is 10.6. The van der Waals surface area contributed by atoms with Gasteiger partial charge in [0.2, 0.25) is 0 Å². The van der Waals surface area contributed by atoms with E-state index in [1.54, 1.807) is 23.3 Å². The van der Waals surface area contributed by atoms with Gasteiger partial charge in [-0.3, -0.25) is 9.99 Å². The summed E-state index contributed by atoms with van der Waals surface area (Å²) in [6.45, 7) is 0. The standard InChI is InChI=1S/C14H12N6/c1-2-4-12(5-3-1)10-16-17-13-6-7-14(19-18-13)20-9-8-15-11-20/h1-11H,(H,17,18)/b16-10-. The van der Waals surface area contributed by atoms with Crippen LogP contribution < -0.4 is 5.43 Å². The molecule has 1 N–H and O–H groups in total. The molecule has 3 rings (SSSR count). The molecule has 0 saturated heterocycles. The van der Waals surface area contributed by atoms with Crippen LogP contribution in [0.5, 0.6) is 0 Å². The van der Waals surface area contributed by atoms with Gasteiger partial charge in [-0.15, -0.1) is 10.2 Å². The van der Waals surface area contributed by atoms with Crippen LogP contribution in [0, 0.1) is 0 Å². The number of benzene rings is 1. The summed E-state index contributed by atoms with van der Waals surface area (Å²) in [5.74, 6) is 1.29. The number of hydrogen-bond acceptors (Lipinski definition) is 5. The first-order valence-corrected chi connectivity index (χ1v) is 6.08. The van der Waals surface area contributed by atoms with Crippen LogP contribution in [0.4, 0.5) is 5.82 Å². The van der Waals surface area contributed by atoms with Crippen molar-refractivity contribution >= 4 is 12.0 Å². The predicted molar refractivity (Wildman–Crippen MR) is 76.8 cm³/mol. The third-order valence-corrected chi connectivity index (χ3v) is 2.61. The van der Waals surface area contributed by atoms with Gasteiger partial charge in [0, 0.05) is 12.4 Å². The lowest BCUT2D eigenvalue weighted by molar-refractivity contribution is 0.911. The van der Waals surface area contributed by atoms with Crippen molar-refractivity contribution in [2.45, 2.75) is 0 Å². The molecule has 3 aromatic rings. The van der Waals surface area contributed by atoms with E-state index >= 15 is 0 Å². The lowest BCUT2D eigenvalue weighted by Gasteiger charge is -2.01. The maximum atomic E-state index is 4.11. The second-order valence-corrected chi connectivity index (χ2v) is 4.03. The summed E-state index contributed by atoms with van der Waals surface area (Å²) < 4.78 is 1.78. The summed E-state index contributed by atoms with van der Waals surface area (Å²) in [5, 5.41) is 12.2. The van der Waals surface area contributed by atoms with Gasteiger partial charge in [-0.2, -0.15) is 5.10 Å². The summed E-state index contributed by atoms with van der Waals surface area (Å²) in [5.41, 5.74) is 3.85. The second kappa shape index (κ2) is 5.75. The van der Waals surface area contributed by atoms with E-state index < -0.39 is 0 Å². The van der Waals surface area contributed by atoms with Crippen molar-refractivity contribution in [3.05, 3.63) is 66.7 Å². The number of hydrazone groups is 1. The minimum atomic E-state index is 0.584. The molecular weight excluding hydrogens is 252 g/mol. The molecule has 1 aromatic carbocycles. The highest BCUT2D eigenvalue weighted by molar-refractivity contribution is 5.79. The normalized spacial score (nSPS) is 10.8. The number of nitrogens with one attached hydrogen (secondary N) is 1. The molecule has 6 heteroatoms. The maximum absolute atomic E-state index is 4.11. The largest absolute Gasteiger partial charge is 0.289 e. The van der Waals surface area contributed by atoms with Crippen molar-refractivity contribution in [3.8, 4) is 5.82 Å². The molecule has 0 aliphatic rings. The van der Waals surface area contributed by atoms with Crippen LogP contribution in [0.2, 0.25) is 0 Å². The zero-order chi connectivity index (χ0) is 13.6. The van der Waals surface area contributed by atoms with E-state index in [1.807, 2.05) is 48.7 Å². The minimum absolute atomic E-state index is 0.584. The molecule has 20 heavy (non-hydrogen) atoms. The molecule has 6 nitrogen and oxygen atoms in total. The van der Waals surface area contributed by atoms with Gasteiger partial charge in [0.05, 0.1) is 6.21 Å². The fourth-order valence-electron chi connectivity index (χ4n) is 1.63. The van der Waals surface area contributed by atoms with Gasteiger partial charge in [0.25, 0.3) is 0 Å². The fourth-order valence-corrected chi connectivity index (χ4v) is 1.63. The van der Waals surface area contributed by atoms with Crippen LogP contribution in [0.15, 0.2) is 66.3 Å². The van der Waals surface area contributed by atoms with Crippen LogP contribution in [-0.4, -0.2) is 26.0 Å². The lowest BCUT2D eigenvalue weighted by Crippen LogP contribution is -2.00. The molecule has 0 unspecified atom stereocenters. The van der Waals surface area contributed by atoms with Gasteiger partial charge in [-0.25, -0.2) is 4.98 Å². The van der Waals surface area contributed by atoms with E-state index in [-0.39, 0.29) is 0 Å². The fraction of sp³-hybridized carbons (Fsp3) is 0. The molecule has 0 aliphatic heterocycles. The van der Waals surface area contributed by atoms with Crippen molar-refractivity contribution in [3.63, 3.8) is 0 Å². The number of imidazole rings is 1. The Morgan fingerprint density at radius 2 is 1.95 bits per heavy atom. The number of hydrogen-bond donors (Lipinski definition) is 1. The molecule has 0 fully saturated rings. The van der Waals surface area contributed by atoms with E-state index in [1.165, 1.54) is 0 Å². The van der Waals surface area contributed by atoms with Crippen molar-refractivity contribution in [2.75, 3.05) is 5.43 Å². The molecule has 0 spiro atoms.